The molecule has 1 aromatic rings. The predicted octanol–water partition coefficient (Wildman–Crippen LogP) is 4.53. The molecule has 1 aliphatic carbocycles. The molecule has 1 unspecified atom stereocenters. The van der Waals surface area contributed by atoms with Crippen LogP contribution in [0.2, 0.25) is 5.02 Å². The molecule has 0 aromatic heterocycles. The van der Waals surface area contributed by atoms with Gasteiger partial charge >= 0.3 is 0 Å². The lowest BCUT2D eigenvalue weighted by Crippen LogP contribution is -2.35. The van der Waals surface area contributed by atoms with E-state index in [2.05, 4.69) is 17.4 Å². The van der Waals surface area contributed by atoms with Crippen LogP contribution in [0, 0.1) is 5.92 Å². The molecule has 1 atom stereocenters. The molecule has 0 radical (unpaired) electrons. The first-order valence-electron chi connectivity index (χ1n) is 6.86. The van der Waals surface area contributed by atoms with Gasteiger partial charge in [-0.1, -0.05) is 36.9 Å². The zero-order chi connectivity index (χ0) is 11.7. The first kappa shape index (κ1) is 14.2. The van der Waals surface area contributed by atoms with E-state index in [4.69, 9.17) is 11.6 Å². The van der Waals surface area contributed by atoms with Crippen LogP contribution in [-0.2, 0) is 6.42 Å². The van der Waals surface area contributed by atoms with E-state index in [1.54, 1.807) is 0 Å². The standard InChI is InChI=1S/C15H20ClN.ClH/c16-13-7-6-11-8-9-17-15(14(11)10-13)12-4-2-1-3-5-12;/h6-7,10,12,15,17H,1-5,8-9H2;1H. The Morgan fingerprint density at radius 2 is 1.89 bits per heavy atom. The van der Waals surface area contributed by atoms with E-state index in [9.17, 15) is 0 Å². The van der Waals surface area contributed by atoms with Crippen molar-refractivity contribution in [1.29, 1.82) is 0 Å². The lowest BCUT2D eigenvalue weighted by molar-refractivity contribution is 0.265. The van der Waals surface area contributed by atoms with E-state index < -0.39 is 0 Å². The fourth-order valence-corrected chi connectivity index (χ4v) is 3.62. The number of rotatable bonds is 1. The number of hydrogen-bond acceptors (Lipinski definition) is 1. The molecule has 1 nitrogen and oxygen atoms in total. The minimum Gasteiger partial charge on any atom is -0.309 e. The molecule has 100 valence electrons. The zero-order valence-electron chi connectivity index (χ0n) is 10.6. The molecule has 3 rings (SSSR count). The van der Waals surface area contributed by atoms with Gasteiger partial charge in [0.2, 0.25) is 0 Å². The summed E-state index contributed by atoms with van der Waals surface area (Å²) in [5.41, 5.74) is 2.97. The Hall–Kier alpha value is -0.240. The second-order valence-electron chi connectivity index (χ2n) is 5.42. The number of halogens is 2. The smallest absolute Gasteiger partial charge is 0.0409 e. The largest absolute Gasteiger partial charge is 0.309 e. The zero-order valence-corrected chi connectivity index (χ0v) is 12.2. The predicted molar refractivity (Wildman–Crippen MR) is 79.7 cm³/mol. The van der Waals surface area contributed by atoms with Crippen molar-refractivity contribution in [3.63, 3.8) is 0 Å². The summed E-state index contributed by atoms with van der Waals surface area (Å²) in [6.45, 7) is 1.12. The summed E-state index contributed by atoms with van der Waals surface area (Å²) in [6.07, 6.45) is 8.13. The summed E-state index contributed by atoms with van der Waals surface area (Å²) < 4.78 is 0. The van der Waals surface area contributed by atoms with Crippen LogP contribution >= 0.6 is 24.0 Å². The molecule has 0 spiro atoms. The molecular formula is C15H21Cl2N. The molecule has 1 aliphatic heterocycles. The Morgan fingerprint density at radius 1 is 1.11 bits per heavy atom. The van der Waals surface area contributed by atoms with Crippen LogP contribution in [0.15, 0.2) is 18.2 Å². The molecule has 18 heavy (non-hydrogen) atoms. The maximum atomic E-state index is 6.15. The first-order chi connectivity index (χ1) is 8.34. The van der Waals surface area contributed by atoms with Crippen molar-refractivity contribution in [3.05, 3.63) is 34.3 Å². The monoisotopic (exact) mass is 285 g/mol. The third-order valence-electron chi connectivity index (χ3n) is 4.32. The summed E-state index contributed by atoms with van der Waals surface area (Å²) in [4.78, 5) is 0. The molecule has 1 N–H and O–H groups in total. The van der Waals surface area contributed by atoms with Gasteiger partial charge < -0.3 is 5.32 Å². The average molecular weight is 286 g/mol. The minimum atomic E-state index is 0. The highest BCUT2D eigenvalue weighted by Crippen LogP contribution is 2.38. The highest BCUT2D eigenvalue weighted by molar-refractivity contribution is 6.30. The SMILES string of the molecule is Cl.Clc1ccc2c(c1)C(C1CCCCC1)NCC2. The van der Waals surface area contributed by atoms with Crippen molar-refractivity contribution in [2.75, 3.05) is 6.54 Å². The molecule has 0 bridgehead atoms. The average Bonchev–Trinajstić information content (AvgIpc) is 2.39. The molecule has 0 saturated heterocycles. The van der Waals surface area contributed by atoms with E-state index >= 15 is 0 Å². The molecule has 1 fully saturated rings. The Morgan fingerprint density at radius 3 is 2.67 bits per heavy atom. The number of hydrogen-bond donors (Lipinski definition) is 1. The Balaban J connectivity index is 0.00000120. The quantitative estimate of drug-likeness (QED) is 0.799. The fraction of sp³-hybridized carbons (Fsp3) is 0.600. The molecule has 1 heterocycles. The molecule has 0 amide bonds. The summed E-state index contributed by atoms with van der Waals surface area (Å²) in [5.74, 6) is 0.821. The van der Waals surface area contributed by atoms with Gasteiger partial charge in [-0.3, -0.25) is 0 Å². The van der Waals surface area contributed by atoms with E-state index in [0.717, 1.165) is 23.9 Å². The lowest BCUT2D eigenvalue weighted by atomic mass is 9.78. The molecule has 2 aliphatic rings. The Kier molecular flexibility index (Phi) is 4.94. The van der Waals surface area contributed by atoms with Gasteiger partial charge in [0, 0.05) is 11.1 Å². The van der Waals surface area contributed by atoms with Crippen molar-refractivity contribution in [2.45, 2.75) is 44.6 Å². The van der Waals surface area contributed by atoms with Crippen molar-refractivity contribution in [1.82, 2.24) is 5.32 Å². The topological polar surface area (TPSA) is 12.0 Å². The van der Waals surface area contributed by atoms with Gasteiger partial charge in [-0.25, -0.2) is 0 Å². The van der Waals surface area contributed by atoms with E-state index in [-0.39, 0.29) is 12.4 Å². The third-order valence-corrected chi connectivity index (χ3v) is 4.56. The number of nitrogens with one attached hydrogen (secondary N) is 1. The van der Waals surface area contributed by atoms with Gasteiger partial charge in [0.15, 0.2) is 0 Å². The Bertz CT molecular complexity index is 399. The first-order valence-corrected chi connectivity index (χ1v) is 7.24. The van der Waals surface area contributed by atoms with Gasteiger partial charge in [0.1, 0.15) is 0 Å². The molecular weight excluding hydrogens is 265 g/mol. The molecule has 1 saturated carbocycles. The Labute approximate surface area is 121 Å². The van der Waals surface area contributed by atoms with E-state index in [1.165, 1.54) is 43.2 Å². The number of fused-ring (bicyclic) bond motifs is 1. The van der Waals surface area contributed by atoms with Crippen LogP contribution in [0.1, 0.15) is 49.3 Å². The van der Waals surface area contributed by atoms with E-state index in [1.807, 2.05) is 6.07 Å². The fourth-order valence-electron chi connectivity index (χ4n) is 3.44. The summed E-state index contributed by atoms with van der Waals surface area (Å²) in [7, 11) is 0. The second-order valence-corrected chi connectivity index (χ2v) is 5.86. The maximum Gasteiger partial charge on any atom is 0.0409 e. The van der Waals surface area contributed by atoms with Crippen LogP contribution in [0.4, 0.5) is 0 Å². The second kappa shape index (κ2) is 6.27. The van der Waals surface area contributed by atoms with Crippen LogP contribution in [0.5, 0.6) is 0 Å². The van der Waals surface area contributed by atoms with Crippen LogP contribution in [-0.4, -0.2) is 6.54 Å². The lowest BCUT2D eigenvalue weighted by Gasteiger charge is -2.35. The van der Waals surface area contributed by atoms with E-state index in [0.29, 0.717) is 6.04 Å². The van der Waals surface area contributed by atoms with Crippen LogP contribution in [0.25, 0.3) is 0 Å². The third kappa shape index (κ3) is 2.84. The van der Waals surface area contributed by atoms with Gasteiger partial charge in [-0.2, -0.15) is 0 Å². The van der Waals surface area contributed by atoms with Crippen LogP contribution < -0.4 is 5.32 Å². The van der Waals surface area contributed by atoms with Crippen molar-refractivity contribution in [3.8, 4) is 0 Å². The molecule has 3 heteroatoms. The van der Waals surface area contributed by atoms with Crippen LogP contribution in [0.3, 0.4) is 0 Å². The summed E-state index contributed by atoms with van der Waals surface area (Å²) in [5, 5.41) is 4.60. The van der Waals surface area contributed by atoms with Gasteiger partial charge in [-0.05, 0) is 55.0 Å². The van der Waals surface area contributed by atoms with Gasteiger partial charge in [-0.15, -0.1) is 12.4 Å². The normalized spacial score (nSPS) is 24.2. The highest BCUT2D eigenvalue weighted by Gasteiger charge is 2.28. The number of benzene rings is 1. The maximum absolute atomic E-state index is 6.15. The summed E-state index contributed by atoms with van der Waals surface area (Å²) in [6, 6.07) is 6.98. The molecule has 1 aromatic carbocycles. The van der Waals surface area contributed by atoms with Crippen molar-refractivity contribution in [2.24, 2.45) is 5.92 Å². The summed E-state index contributed by atoms with van der Waals surface area (Å²) >= 11 is 6.15. The van der Waals surface area contributed by atoms with Gasteiger partial charge in [0.25, 0.3) is 0 Å². The van der Waals surface area contributed by atoms with Gasteiger partial charge in [0.05, 0.1) is 0 Å². The highest BCUT2D eigenvalue weighted by atomic mass is 35.5. The van der Waals surface area contributed by atoms with Crippen molar-refractivity contribution >= 4 is 24.0 Å². The van der Waals surface area contributed by atoms with Crippen molar-refractivity contribution < 1.29 is 0 Å². The minimum absolute atomic E-state index is 0.